The van der Waals surface area contributed by atoms with Crippen LogP contribution in [0.1, 0.15) is 31.1 Å². The molecule has 0 aromatic heterocycles. The Labute approximate surface area is 168 Å². The van der Waals surface area contributed by atoms with E-state index < -0.39 is 21.9 Å². The third-order valence-electron chi connectivity index (χ3n) is 4.86. The highest BCUT2D eigenvalue weighted by Gasteiger charge is 2.43. The molecule has 26 heavy (non-hydrogen) atoms. The number of ether oxygens (including phenoxy) is 3. The van der Waals surface area contributed by atoms with E-state index in [4.69, 9.17) is 54.4 Å². The monoisotopic (exact) mass is 421 g/mol. The van der Waals surface area contributed by atoms with Crippen molar-refractivity contribution in [2.24, 2.45) is 17.8 Å². The minimum atomic E-state index is -1.95. The van der Waals surface area contributed by atoms with Crippen LogP contribution in [0.2, 0.25) is 0 Å². The third kappa shape index (κ3) is 5.26. The fourth-order valence-electron chi connectivity index (χ4n) is 2.81. The second kappa shape index (κ2) is 8.79. The van der Waals surface area contributed by atoms with E-state index in [9.17, 15) is 4.79 Å². The van der Waals surface area contributed by atoms with Crippen LogP contribution in [0.15, 0.2) is 30.3 Å². The molecule has 1 aromatic carbocycles. The van der Waals surface area contributed by atoms with E-state index in [0.29, 0.717) is 5.56 Å². The van der Waals surface area contributed by atoms with Gasteiger partial charge >= 0.3 is 5.97 Å². The van der Waals surface area contributed by atoms with Crippen molar-refractivity contribution in [1.82, 2.24) is 0 Å². The van der Waals surface area contributed by atoms with E-state index in [1.807, 2.05) is 19.9 Å². The van der Waals surface area contributed by atoms with Gasteiger partial charge in [-0.05, 0) is 24.0 Å². The van der Waals surface area contributed by atoms with E-state index in [1.54, 1.807) is 24.3 Å². The molecule has 1 heterocycles. The van der Waals surface area contributed by atoms with Gasteiger partial charge in [-0.2, -0.15) is 0 Å². The molecule has 1 aliphatic rings. The lowest BCUT2D eigenvalue weighted by atomic mass is 9.79. The van der Waals surface area contributed by atoms with Gasteiger partial charge in [0.05, 0.1) is 11.7 Å². The summed E-state index contributed by atoms with van der Waals surface area (Å²) in [6, 6.07) is 8.74. The summed E-state index contributed by atoms with van der Waals surface area (Å²) in [6.07, 6.45) is -1.15. The fourth-order valence-corrected chi connectivity index (χ4v) is 2.94. The summed E-state index contributed by atoms with van der Waals surface area (Å²) in [5.74, 6) is -0.633. The van der Waals surface area contributed by atoms with Crippen LogP contribution in [0.4, 0.5) is 0 Å². The van der Waals surface area contributed by atoms with Crippen LogP contribution in [-0.4, -0.2) is 34.7 Å². The maximum absolute atomic E-state index is 12.1. The van der Waals surface area contributed by atoms with Crippen LogP contribution >= 0.6 is 34.8 Å². The highest BCUT2D eigenvalue weighted by atomic mass is 35.6. The van der Waals surface area contributed by atoms with Crippen LogP contribution in [0.25, 0.3) is 0 Å². The molecular formula is C18H22Cl3NO4. The first-order valence-electron chi connectivity index (χ1n) is 8.31. The second-order valence-corrected chi connectivity index (χ2v) is 8.81. The molecule has 0 aliphatic carbocycles. The Balaban J connectivity index is 2.01. The molecule has 0 spiro atoms. The van der Waals surface area contributed by atoms with Crippen molar-refractivity contribution >= 4 is 46.7 Å². The van der Waals surface area contributed by atoms with Crippen LogP contribution in [0.3, 0.4) is 0 Å². The Kier molecular flexibility index (Phi) is 7.19. The van der Waals surface area contributed by atoms with Crippen molar-refractivity contribution in [2.75, 3.05) is 6.61 Å². The lowest BCUT2D eigenvalue weighted by Gasteiger charge is -2.43. The first kappa shape index (κ1) is 21.3. The largest absolute Gasteiger partial charge is 0.459 e. The smallest absolute Gasteiger partial charge is 0.338 e. The van der Waals surface area contributed by atoms with Crippen LogP contribution in [0, 0.1) is 23.2 Å². The third-order valence-corrected chi connectivity index (χ3v) is 5.38. The molecule has 1 N–H and O–H groups in total. The SMILES string of the molecule is CC1[C@@H](OC(=N)C(Cl)(Cl)Cl)OC(COC(=O)c2ccccc2)[C@H](C)[C@@H]1C. The van der Waals surface area contributed by atoms with Gasteiger partial charge in [-0.25, -0.2) is 4.79 Å². The van der Waals surface area contributed by atoms with Crippen LogP contribution in [-0.2, 0) is 14.2 Å². The second-order valence-electron chi connectivity index (χ2n) is 6.53. The van der Waals surface area contributed by atoms with Crippen molar-refractivity contribution < 1.29 is 19.0 Å². The molecule has 1 fully saturated rings. The minimum Gasteiger partial charge on any atom is -0.459 e. The lowest BCUT2D eigenvalue weighted by molar-refractivity contribution is -0.225. The van der Waals surface area contributed by atoms with E-state index in [-0.39, 0.29) is 30.5 Å². The van der Waals surface area contributed by atoms with E-state index in [2.05, 4.69) is 6.92 Å². The average Bonchev–Trinajstić information content (AvgIpc) is 2.60. The fraction of sp³-hybridized carbons (Fsp3) is 0.556. The zero-order valence-corrected chi connectivity index (χ0v) is 17.0. The van der Waals surface area contributed by atoms with Crippen molar-refractivity contribution in [3.8, 4) is 0 Å². The highest BCUT2D eigenvalue weighted by Crippen LogP contribution is 2.37. The van der Waals surface area contributed by atoms with Crippen molar-refractivity contribution in [1.29, 1.82) is 5.41 Å². The number of hydrogen-bond acceptors (Lipinski definition) is 5. The molecule has 5 atom stereocenters. The normalized spacial score (nSPS) is 29.1. The Hall–Kier alpha value is -1.01. The first-order chi connectivity index (χ1) is 12.1. The Morgan fingerprint density at radius 1 is 1.12 bits per heavy atom. The Bertz CT molecular complexity index is 635. The predicted molar refractivity (Wildman–Crippen MR) is 102 cm³/mol. The number of rotatable bonds is 4. The predicted octanol–water partition coefficient (Wildman–Crippen LogP) is 4.84. The van der Waals surface area contributed by atoms with Gasteiger partial charge in [0.2, 0.25) is 12.2 Å². The molecule has 1 saturated heterocycles. The molecule has 1 aromatic rings. The summed E-state index contributed by atoms with van der Waals surface area (Å²) in [5.41, 5.74) is 0.475. The van der Waals surface area contributed by atoms with Crippen molar-refractivity contribution in [2.45, 2.75) is 37.0 Å². The molecule has 1 aliphatic heterocycles. The first-order valence-corrected chi connectivity index (χ1v) is 9.44. The summed E-state index contributed by atoms with van der Waals surface area (Å²) in [5, 5.41) is 7.75. The van der Waals surface area contributed by atoms with E-state index in [0.717, 1.165) is 0 Å². The average molecular weight is 423 g/mol. The van der Waals surface area contributed by atoms with Crippen molar-refractivity contribution in [3.63, 3.8) is 0 Å². The topological polar surface area (TPSA) is 68.6 Å². The summed E-state index contributed by atoms with van der Waals surface area (Å²) in [7, 11) is 0. The van der Waals surface area contributed by atoms with Gasteiger partial charge in [0.1, 0.15) is 6.61 Å². The van der Waals surface area contributed by atoms with Gasteiger partial charge in [-0.3, -0.25) is 5.41 Å². The number of carbonyl (C=O) groups excluding carboxylic acids is 1. The molecule has 5 nitrogen and oxygen atoms in total. The Morgan fingerprint density at radius 2 is 1.73 bits per heavy atom. The summed E-state index contributed by atoms with van der Waals surface area (Å²) in [6.45, 7) is 6.11. The van der Waals surface area contributed by atoms with Crippen molar-refractivity contribution in [3.05, 3.63) is 35.9 Å². The van der Waals surface area contributed by atoms with E-state index >= 15 is 0 Å². The number of carbonyl (C=O) groups is 1. The summed E-state index contributed by atoms with van der Waals surface area (Å²) < 4.78 is 14.8. The molecule has 0 amide bonds. The van der Waals surface area contributed by atoms with Crippen LogP contribution < -0.4 is 0 Å². The van der Waals surface area contributed by atoms with Gasteiger partial charge < -0.3 is 14.2 Å². The number of nitrogens with one attached hydrogen (secondary N) is 1. The zero-order valence-electron chi connectivity index (χ0n) is 14.7. The number of alkyl halides is 3. The zero-order chi connectivity index (χ0) is 19.5. The van der Waals surface area contributed by atoms with Gasteiger partial charge in [0.25, 0.3) is 3.79 Å². The highest BCUT2D eigenvalue weighted by molar-refractivity contribution is 6.76. The standard InChI is InChI=1S/C18H22Cl3NO4/c1-10-11(2)14(9-24-15(23)13-7-5-4-6-8-13)25-16(12(10)3)26-17(22)18(19,20)21/h4-8,10-12,14,16,22H,9H2,1-3H3/t10-,11+,12?,14?,16+/m0/s1. The number of esters is 1. The molecule has 0 bridgehead atoms. The molecule has 144 valence electrons. The molecular weight excluding hydrogens is 401 g/mol. The van der Waals surface area contributed by atoms with Crippen LogP contribution in [0.5, 0.6) is 0 Å². The maximum Gasteiger partial charge on any atom is 0.338 e. The quantitative estimate of drug-likeness (QED) is 0.326. The maximum atomic E-state index is 12.1. The number of hydrogen-bond donors (Lipinski definition) is 1. The van der Waals surface area contributed by atoms with Gasteiger partial charge in [-0.15, -0.1) is 0 Å². The van der Waals surface area contributed by atoms with Gasteiger partial charge in [-0.1, -0.05) is 73.8 Å². The molecule has 2 rings (SSSR count). The molecule has 0 radical (unpaired) electrons. The summed E-state index contributed by atoms with van der Waals surface area (Å²) >= 11 is 17.0. The number of benzene rings is 1. The molecule has 2 unspecified atom stereocenters. The van der Waals surface area contributed by atoms with Gasteiger partial charge in [0, 0.05) is 5.92 Å². The minimum absolute atomic E-state index is 0.0289. The molecule has 8 heteroatoms. The van der Waals surface area contributed by atoms with Gasteiger partial charge in [0.15, 0.2) is 0 Å². The lowest BCUT2D eigenvalue weighted by Crippen LogP contribution is -2.49. The Morgan fingerprint density at radius 3 is 2.31 bits per heavy atom. The van der Waals surface area contributed by atoms with E-state index in [1.165, 1.54) is 0 Å². The summed E-state index contributed by atoms with van der Waals surface area (Å²) in [4.78, 5) is 12.1. The molecule has 0 saturated carbocycles. The number of halogens is 3.